The third-order valence-corrected chi connectivity index (χ3v) is 6.31. The molecule has 0 aromatic heterocycles. The van der Waals surface area contributed by atoms with E-state index < -0.39 is 11.9 Å². The minimum absolute atomic E-state index is 0.300. The maximum Gasteiger partial charge on any atom is 0.189 e. The summed E-state index contributed by atoms with van der Waals surface area (Å²) in [4.78, 5) is 0. The SMILES string of the molecule is OC1CCCCCCCCCCCCCCCCCCCCCCC1(O)O. The quantitative estimate of drug-likeness (QED) is 0.411. The molecule has 1 atom stereocenters. The first-order valence-electron chi connectivity index (χ1n) is 12.3. The minimum Gasteiger partial charge on any atom is -0.388 e. The first-order chi connectivity index (χ1) is 13.1. The highest BCUT2D eigenvalue weighted by molar-refractivity contribution is 4.75. The highest BCUT2D eigenvalue weighted by Gasteiger charge is 2.31. The van der Waals surface area contributed by atoms with Crippen molar-refractivity contribution in [1.29, 1.82) is 0 Å². The topological polar surface area (TPSA) is 60.7 Å². The van der Waals surface area contributed by atoms with Gasteiger partial charge < -0.3 is 15.3 Å². The van der Waals surface area contributed by atoms with E-state index in [2.05, 4.69) is 0 Å². The molecular weight excluding hydrogens is 336 g/mol. The Balaban J connectivity index is 2.22. The van der Waals surface area contributed by atoms with Crippen LogP contribution in [0.5, 0.6) is 0 Å². The molecule has 1 aliphatic carbocycles. The predicted octanol–water partition coefficient (Wildman–Crippen LogP) is 6.62. The summed E-state index contributed by atoms with van der Waals surface area (Å²) in [6.07, 6.45) is 25.1. The summed E-state index contributed by atoms with van der Waals surface area (Å²) in [5.74, 6) is -1.90. The van der Waals surface area contributed by atoms with E-state index in [1.165, 1.54) is 103 Å². The van der Waals surface area contributed by atoms with Gasteiger partial charge in [0.2, 0.25) is 0 Å². The lowest BCUT2D eigenvalue weighted by Crippen LogP contribution is -2.42. The molecule has 3 heteroatoms. The predicted molar refractivity (Wildman–Crippen MR) is 115 cm³/mol. The molecule has 1 saturated carbocycles. The minimum atomic E-state index is -1.90. The molecule has 1 unspecified atom stereocenters. The Bertz CT molecular complexity index is 317. The van der Waals surface area contributed by atoms with Gasteiger partial charge in [-0.15, -0.1) is 0 Å². The second kappa shape index (κ2) is 16.8. The van der Waals surface area contributed by atoms with E-state index in [9.17, 15) is 15.3 Å². The Hall–Kier alpha value is -0.120. The van der Waals surface area contributed by atoms with Gasteiger partial charge in [-0.1, -0.05) is 122 Å². The van der Waals surface area contributed by atoms with Gasteiger partial charge in [-0.05, 0) is 12.8 Å². The summed E-state index contributed by atoms with van der Waals surface area (Å²) in [5, 5.41) is 30.3. The van der Waals surface area contributed by atoms with Crippen molar-refractivity contribution < 1.29 is 15.3 Å². The third kappa shape index (κ3) is 14.5. The van der Waals surface area contributed by atoms with Gasteiger partial charge >= 0.3 is 0 Å². The molecular formula is C24H48O3. The summed E-state index contributed by atoms with van der Waals surface area (Å²) >= 11 is 0. The van der Waals surface area contributed by atoms with Crippen LogP contribution in [-0.4, -0.2) is 27.2 Å². The summed E-state index contributed by atoms with van der Waals surface area (Å²) in [6, 6.07) is 0. The van der Waals surface area contributed by atoms with E-state index in [1.54, 1.807) is 0 Å². The zero-order valence-corrected chi connectivity index (χ0v) is 18.0. The van der Waals surface area contributed by atoms with Crippen molar-refractivity contribution in [3.8, 4) is 0 Å². The first-order valence-corrected chi connectivity index (χ1v) is 12.3. The van der Waals surface area contributed by atoms with Gasteiger partial charge in [-0.25, -0.2) is 0 Å². The highest BCUT2D eigenvalue weighted by Crippen LogP contribution is 2.22. The number of aliphatic hydroxyl groups is 3. The number of hydrogen-bond acceptors (Lipinski definition) is 3. The Labute approximate surface area is 169 Å². The van der Waals surface area contributed by atoms with Crippen molar-refractivity contribution in [3.63, 3.8) is 0 Å². The Morgan fingerprint density at radius 2 is 0.667 bits per heavy atom. The van der Waals surface area contributed by atoms with Crippen LogP contribution in [0, 0.1) is 0 Å². The van der Waals surface area contributed by atoms with Crippen molar-refractivity contribution in [2.75, 3.05) is 0 Å². The number of hydrogen-bond donors (Lipinski definition) is 3. The standard InChI is InChI=1S/C24H48O3/c25-23-21-19-17-15-13-11-9-7-5-3-1-2-4-6-8-10-12-14-16-18-20-22-24(23,26)27/h23,25-27H,1-22H2. The Morgan fingerprint density at radius 1 is 0.407 bits per heavy atom. The van der Waals surface area contributed by atoms with E-state index >= 15 is 0 Å². The van der Waals surface area contributed by atoms with Crippen LogP contribution in [0.4, 0.5) is 0 Å². The third-order valence-electron chi connectivity index (χ3n) is 6.31. The fourth-order valence-corrected chi connectivity index (χ4v) is 4.30. The molecule has 0 radical (unpaired) electrons. The van der Waals surface area contributed by atoms with Gasteiger partial charge in [0.1, 0.15) is 6.10 Å². The van der Waals surface area contributed by atoms with E-state index in [0.29, 0.717) is 12.8 Å². The average molecular weight is 385 g/mol. The molecule has 3 N–H and O–H groups in total. The zero-order chi connectivity index (χ0) is 19.6. The monoisotopic (exact) mass is 384 g/mol. The molecule has 0 aromatic rings. The van der Waals surface area contributed by atoms with E-state index in [-0.39, 0.29) is 0 Å². The molecule has 1 rings (SSSR count). The molecule has 1 aliphatic rings. The van der Waals surface area contributed by atoms with Crippen LogP contribution < -0.4 is 0 Å². The lowest BCUT2D eigenvalue weighted by molar-refractivity contribution is -0.230. The molecule has 27 heavy (non-hydrogen) atoms. The van der Waals surface area contributed by atoms with Crippen LogP contribution in [0.2, 0.25) is 0 Å². The zero-order valence-electron chi connectivity index (χ0n) is 18.0. The van der Waals surface area contributed by atoms with Crippen LogP contribution in [0.15, 0.2) is 0 Å². The molecule has 0 aliphatic heterocycles. The molecule has 0 bridgehead atoms. The second-order valence-corrected chi connectivity index (χ2v) is 9.00. The average Bonchev–Trinajstić information content (AvgIpc) is 2.64. The maximum absolute atomic E-state index is 10.1. The highest BCUT2D eigenvalue weighted by atomic mass is 16.5. The van der Waals surface area contributed by atoms with Crippen LogP contribution in [0.1, 0.15) is 141 Å². The van der Waals surface area contributed by atoms with Crippen molar-refractivity contribution in [2.45, 2.75) is 153 Å². The lowest BCUT2D eigenvalue weighted by Gasteiger charge is -2.27. The molecule has 0 saturated heterocycles. The second-order valence-electron chi connectivity index (χ2n) is 9.00. The van der Waals surface area contributed by atoms with Crippen LogP contribution in [0.25, 0.3) is 0 Å². The van der Waals surface area contributed by atoms with Crippen LogP contribution in [0.3, 0.4) is 0 Å². The fourth-order valence-electron chi connectivity index (χ4n) is 4.30. The molecule has 0 amide bonds. The molecule has 3 nitrogen and oxygen atoms in total. The van der Waals surface area contributed by atoms with Crippen molar-refractivity contribution in [1.82, 2.24) is 0 Å². The normalized spacial score (nSPS) is 27.4. The van der Waals surface area contributed by atoms with E-state index in [0.717, 1.165) is 25.7 Å². The first kappa shape index (κ1) is 24.9. The lowest BCUT2D eigenvalue weighted by atomic mass is 9.96. The van der Waals surface area contributed by atoms with Gasteiger partial charge in [-0.2, -0.15) is 0 Å². The smallest absolute Gasteiger partial charge is 0.189 e. The largest absolute Gasteiger partial charge is 0.388 e. The Kier molecular flexibility index (Phi) is 15.5. The van der Waals surface area contributed by atoms with Gasteiger partial charge in [0.15, 0.2) is 5.79 Å². The maximum atomic E-state index is 10.1. The van der Waals surface area contributed by atoms with Crippen LogP contribution >= 0.6 is 0 Å². The van der Waals surface area contributed by atoms with Crippen molar-refractivity contribution in [3.05, 3.63) is 0 Å². The van der Waals surface area contributed by atoms with Crippen molar-refractivity contribution >= 4 is 0 Å². The summed E-state index contributed by atoms with van der Waals surface area (Å²) < 4.78 is 0. The molecule has 0 spiro atoms. The Morgan fingerprint density at radius 3 is 1.00 bits per heavy atom. The van der Waals surface area contributed by atoms with Crippen LogP contribution in [-0.2, 0) is 0 Å². The number of aliphatic hydroxyl groups excluding tert-OH is 1. The molecule has 0 aromatic carbocycles. The van der Waals surface area contributed by atoms with Gasteiger partial charge in [-0.3, -0.25) is 0 Å². The molecule has 0 heterocycles. The van der Waals surface area contributed by atoms with Gasteiger partial charge in [0, 0.05) is 6.42 Å². The van der Waals surface area contributed by atoms with Gasteiger partial charge in [0.25, 0.3) is 0 Å². The summed E-state index contributed by atoms with van der Waals surface area (Å²) in [5.41, 5.74) is 0. The molecule has 1 fully saturated rings. The van der Waals surface area contributed by atoms with Gasteiger partial charge in [0.05, 0.1) is 0 Å². The molecule has 162 valence electrons. The summed E-state index contributed by atoms with van der Waals surface area (Å²) in [7, 11) is 0. The van der Waals surface area contributed by atoms with E-state index in [1.807, 2.05) is 0 Å². The number of rotatable bonds is 0. The van der Waals surface area contributed by atoms with Crippen molar-refractivity contribution in [2.24, 2.45) is 0 Å². The fraction of sp³-hybridized carbons (Fsp3) is 1.00. The summed E-state index contributed by atoms with van der Waals surface area (Å²) in [6.45, 7) is 0. The van der Waals surface area contributed by atoms with E-state index in [4.69, 9.17) is 0 Å².